The summed E-state index contributed by atoms with van der Waals surface area (Å²) in [5.74, 6) is -0.172. The van der Waals surface area contributed by atoms with E-state index in [0.29, 0.717) is 27.0 Å². The fraction of sp³-hybridized carbons (Fsp3) is 0.125. The molecule has 0 saturated carbocycles. The molecule has 0 atom stereocenters. The number of hydrogen-bond donors (Lipinski definition) is 1. The monoisotopic (exact) mass is 337 g/mol. The predicted molar refractivity (Wildman–Crippen MR) is 86.5 cm³/mol. The second-order valence-electron chi connectivity index (χ2n) is 4.60. The van der Waals surface area contributed by atoms with Crippen LogP contribution in [0, 0.1) is 0 Å². The SMILES string of the molecule is CC(=O)Nc1ccc(OC(=O)Cc2ccc(Cl)c(Cl)c2)cc1. The molecule has 2 aromatic carbocycles. The maximum Gasteiger partial charge on any atom is 0.315 e. The van der Waals surface area contributed by atoms with Gasteiger partial charge < -0.3 is 10.1 Å². The van der Waals surface area contributed by atoms with Gasteiger partial charge in [0.1, 0.15) is 5.75 Å². The summed E-state index contributed by atoms with van der Waals surface area (Å²) < 4.78 is 5.22. The Kier molecular flexibility index (Phi) is 5.41. The van der Waals surface area contributed by atoms with Gasteiger partial charge in [-0.2, -0.15) is 0 Å². The van der Waals surface area contributed by atoms with Crippen molar-refractivity contribution >= 4 is 40.8 Å². The summed E-state index contributed by atoms with van der Waals surface area (Å²) >= 11 is 11.7. The van der Waals surface area contributed by atoms with Crippen molar-refractivity contribution < 1.29 is 14.3 Å². The fourth-order valence-electron chi connectivity index (χ4n) is 1.79. The van der Waals surface area contributed by atoms with E-state index >= 15 is 0 Å². The quantitative estimate of drug-likeness (QED) is 0.674. The van der Waals surface area contributed by atoms with Crippen LogP contribution in [0.25, 0.3) is 0 Å². The predicted octanol–water partition coefficient (Wildman–Crippen LogP) is 4.10. The van der Waals surface area contributed by atoms with Gasteiger partial charge in [0, 0.05) is 12.6 Å². The summed E-state index contributed by atoms with van der Waals surface area (Å²) in [6.45, 7) is 1.42. The fourth-order valence-corrected chi connectivity index (χ4v) is 2.11. The van der Waals surface area contributed by atoms with E-state index in [4.69, 9.17) is 27.9 Å². The molecule has 0 radical (unpaired) electrons. The number of halogens is 2. The second kappa shape index (κ2) is 7.29. The van der Waals surface area contributed by atoms with Crippen LogP contribution in [0.2, 0.25) is 10.0 Å². The lowest BCUT2D eigenvalue weighted by Crippen LogP contribution is -2.11. The number of carbonyl (C=O) groups is 2. The molecule has 0 aliphatic heterocycles. The summed E-state index contributed by atoms with van der Waals surface area (Å²) in [6, 6.07) is 11.5. The lowest BCUT2D eigenvalue weighted by atomic mass is 10.1. The molecule has 0 fully saturated rings. The molecule has 0 bridgehead atoms. The maximum absolute atomic E-state index is 11.9. The highest BCUT2D eigenvalue weighted by molar-refractivity contribution is 6.42. The first kappa shape index (κ1) is 16.3. The van der Waals surface area contributed by atoms with Crippen molar-refractivity contribution in [3.05, 3.63) is 58.1 Å². The summed E-state index contributed by atoms with van der Waals surface area (Å²) in [4.78, 5) is 22.8. The molecule has 2 rings (SSSR count). The van der Waals surface area contributed by atoms with Gasteiger partial charge in [0.25, 0.3) is 0 Å². The number of anilines is 1. The van der Waals surface area contributed by atoms with Crippen molar-refractivity contribution in [1.29, 1.82) is 0 Å². The Bertz CT molecular complexity index is 699. The highest BCUT2D eigenvalue weighted by Gasteiger charge is 2.08. The molecule has 6 heteroatoms. The van der Waals surface area contributed by atoms with Gasteiger partial charge >= 0.3 is 5.97 Å². The first-order valence-electron chi connectivity index (χ1n) is 6.46. The van der Waals surface area contributed by atoms with E-state index in [2.05, 4.69) is 5.32 Å². The van der Waals surface area contributed by atoms with Crippen molar-refractivity contribution in [2.75, 3.05) is 5.32 Å². The minimum Gasteiger partial charge on any atom is -0.426 e. The van der Waals surface area contributed by atoms with Crippen LogP contribution < -0.4 is 10.1 Å². The molecule has 4 nitrogen and oxygen atoms in total. The highest BCUT2D eigenvalue weighted by Crippen LogP contribution is 2.23. The minimum atomic E-state index is -0.411. The van der Waals surface area contributed by atoms with Gasteiger partial charge in [0.05, 0.1) is 16.5 Å². The Morgan fingerprint density at radius 3 is 2.32 bits per heavy atom. The molecule has 2 aromatic rings. The molecule has 1 amide bonds. The molecule has 0 heterocycles. The summed E-state index contributed by atoms with van der Waals surface area (Å²) in [5, 5.41) is 3.46. The number of carbonyl (C=O) groups excluding carboxylic acids is 2. The Balaban J connectivity index is 1.96. The van der Waals surface area contributed by atoms with Gasteiger partial charge in [-0.1, -0.05) is 29.3 Å². The maximum atomic E-state index is 11.9. The summed E-state index contributed by atoms with van der Waals surface area (Å²) in [6.07, 6.45) is 0.0876. The van der Waals surface area contributed by atoms with Crippen LogP contribution in [-0.2, 0) is 16.0 Å². The van der Waals surface area contributed by atoms with E-state index < -0.39 is 5.97 Å². The number of ether oxygens (including phenoxy) is 1. The van der Waals surface area contributed by atoms with Crippen molar-refractivity contribution in [2.24, 2.45) is 0 Å². The van der Waals surface area contributed by atoms with Crippen LogP contribution in [0.1, 0.15) is 12.5 Å². The largest absolute Gasteiger partial charge is 0.426 e. The average Bonchev–Trinajstić information content (AvgIpc) is 2.44. The highest BCUT2D eigenvalue weighted by atomic mass is 35.5. The zero-order valence-corrected chi connectivity index (χ0v) is 13.2. The lowest BCUT2D eigenvalue weighted by molar-refractivity contribution is -0.133. The van der Waals surface area contributed by atoms with E-state index in [0.717, 1.165) is 0 Å². The molecule has 22 heavy (non-hydrogen) atoms. The Morgan fingerprint density at radius 2 is 1.73 bits per heavy atom. The first-order chi connectivity index (χ1) is 10.4. The smallest absolute Gasteiger partial charge is 0.315 e. The van der Waals surface area contributed by atoms with E-state index in [-0.39, 0.29) is 12.3 Å². The second-order valence-corrected chi connectivity index (χ2v) is 5.42. The molecule has 0 unspecified atom stereocenters. The molecule has 1 N–H and O–H groups in total. The van der Waals surface area contributed by atoms with Gasteiger partial charge in [-0.15, -0.1) is 0 Å². The molecule has 0 aromatic heterocycles. The third kappa shape index (κ3) is 4.76. The minimum absolute atomic E-state index is 0.0876. The van der Waals surface area contributed by atoms with Crippen LogP contribution in [0.15, 0.2) is 42.5 Å². The van der Waals surface area contributed by atoms with Crippen molar-refractivity contribution in [3.8, 4) is 5.75 Å². The van der Waals surface area contributed by atoms with Gasteiger partial charge in [-0.05, 0) is 42.0 Å². The van der Waals surface area contributed by atoms with Crippen LogP contribution in [0.4, 0.5) is 5.69 Å². The summed E-state index contributed by atoms with van der Waals surface area (Å²) in [5.41, 5.74) is 1.35. The van der Waals surface area contributed by atoms with Crippen LogP contribution in [0.3, 0.4) is 0 Å². The first-order valence-corrected chi connectivity index (χ1v) is 7.22. The molecule has 0 aliphatic rings. The van der Waals surface area contributed by atoms with Crippen molar-refractivity contribution in [2.45, 2.75) is 13.3 Å². The zero-order chi connectivity index (χ0) is 16.1. The van der Waals surface area contributed by atoms with Crippen molar-refractivity contribution in [3.63, 3.8) is 0 Å². The topological polar surface area (TPSA) is 55.4 Å². The normalized spacial score (nSPS) is 10.1. The van der Waals surface area contributed by atoms with Crippen LogP contribution in [0.5, 0.6) is 5.75 Å². The van der Waals surface area contributed by atoms with Crippen molar-refractivity contribution in [1.82, 2.24) is 0 Å². The van der Waals surface area contributed by atoms with Gasteiger partial charge in [-0.25, -0.2) is 0 Å². The lowest BCUT2D eigenvalue weighted by Gasteiger charge is -2.07. The third-order valence-electron chi connectivity index (χ3n) is 2.74. The van der Waals surface area contributed by atoms with Crippen LogP contribution in [-0.4, -0.2) is 11.9 Å². The number of amides is 1. The Morgan fingerprint density at radius 1 is 1.05 bits per heavy atom. The number of esters is 1. The van der Waals surface area contributed by atoms with E-state index in [1.54, 1.807) is 42.5 Å². The molecule has 0 spiro atoms. The zero-order valence-electron chi connectivity index (χ0n) is 11.7. The Hall–Kier alpha value is -2.04. The molecule has 114 valence electrons. The standard InChI is InChI=1S/C16H13Cl2NO3/c1-10(20)19-12-3-5-13(6-4-12)22-16(21)9-11-2-7-14(17)15(18)8-11/h2-8H,9H2,1H3,(H,19,20). The van der Waals surface area contributed by atoms with E-state index in [1.165, 1.54) is 6.92 Å². The number of hydrogen-bond acceptors (Lipinski definition) is 3. The molecular formula is C16H13Cl2NO3. The van der Waals surface area contributed by atoms with E-state index in [1.807, 2.05) is 0 Å². The third-order valence-corrected chi connectivity index (χ3v) is 3.48. The Labute approximate surface area is 138 Å². The van der Waals surface area contributed by atoms with Gasteiger partial charge in [0.2, 0.25) is 5.91 Å². The molecule has 0 saturated heterocycles. The molecule has 0 aliphatic carbocycles. The van der Waals surface area contributed by atoms with E-state index in [9.17, 15) is 9.59 Å². The van der Waals surface area contributed by atoms with Gasteiger partial charge in [0.15, 0.2) is 0 Å². The number of nitrogens with one attached hydrogen (secondary N) is 1. The van der Waals surface area contributed by atoms with Crippen LogP contribution >= 0.6 is 23.2 Å². The number of benzene rings is 2. The van der Waals surface area contributed by atoms with Gasteiger partial charge in [-0.3, -0.25) is 9.59 Å². The average molecular weight is 338 g/mol. The summed E-state index contributed by atoms with van der Waals surface area (Å²) in [7, 11) is 0. The molecular weight excluding hydrogens is 325 g/mol. The number of rotatable bonds is 4.